The molecule has 0 unspecified atom stereocenters. The minimum atomic E-state index is 0.864. The quantitative estimate of drug-likeness (QED) is 0.450. The van der Waals surface area contributed by atoms with Crippen molar-refractivity contribution in [3.8, 4) is 38.7 Å². The summed E-state index contributed by atoms with van der Waals surface area (Å²) in [6, 6.07) is 19.1. The molecule has 1 N–H and O–H groups in total. The average Bonchev–Trinajstić information content (AvgIpc) is 3.33. The first-order chi connectivity index (χ1) is 12.7. The molecule has 4 aromatic rings. The number of aromatic nitrogens is 2. The highest BCUT2D eigenvalue weighted by Crippen LogP contribution is 2.46. The highest BCUT2D eigenvalue weighted by molar-refractivity contribution is 7.16. The number of ether oxygens (including phenoxy) is 1. The third-order valence-corrected chi connectivity index (χ3v) is 6.17. The van der Waals surface area contributed by atoms with Gasteiger partial charge in [-0.15, -0.1) is 11.3 Å². The van der Waals surface area contributed by atoms with E-state index in [0.717, 1.165) is 23.4 Å². The fourth-order valence-electron chi connectivity index (χ4n) is 3.54. The van der Waals surface area contributed by atoms with Crippen LogP contribution in [0.25, 0.3) is 33.0 Å². The molecule has 3 nitrogen and oxygen atoms in total. The molecule has 1 aliphatic carbocycles. The average molecular weight is 358 g/mol. The van der Waals surface area contributed by atoms with Gasteiger partial charge in [0.05, 0.1) is 18.5 Å². The van der Waals surface area contributed by atoms with Crippen LogP contribution in [-0.2, 0) is 6.42 Å². The van der Waals surface area contributed by atoms with Gasteiger partial charge in [0.2, 0.25) is 0 Å². The molecular weight excluding hydrogens is 340 g/mol. The number of nitrogens with one attached hydrogen (secondary N) is 1. The Balaban J connectivity index is 1.52. The molecule has 0 radical (unpaired) electrons. The highest BCUT2D eigenvalue weighted by Gasteiger charge is 2.27. The van der Waals surface area contributed by atoms with Crippen LogP contribution in [0.5, 0.6) is 5.75 Å². The molecule has 26 heavy (non-hydrogen) atoms. The lowest BCUT2D eigenvalue weighted by Gasteiger charge is -2.03. The Bertz CT molecular complexity index is 1090. The first kappa shape index (κ1) is 15.4. The molecule has 2 heterocycles. The summed E-state index contributed by atoms with van der Waals surface area (Å²) in [7, 11) is 1.69. The Morgan fingerprint density at radius 2 is 1.73 bits per heavy atom. The molecule has 1 aliphatic rings. The maximum Gasteiger partial charge on any atom is 0.118 e. The van der Waals surface area contributed by atoms with E-state index in [2.05, 4.69) is 59.6 Å². The van der Waals surface area contributed by atoms with Crippen molar-refractivity contribution < 1.29 is 4.74 Å². The molecule has 0 saturated heterocycles. The Morgan fingerprint density at radius 3 is 2.46 bits per heavy atom. The van der Waals surface area contributed by atoms with Crippen LogP contribution in [0.3, 0.4) is 0 Å². The van der Waals surface area contributed by atoms with Crippen LogP contribution in [0.15, 0.2) is 54.6 Å². The summed E-state index contributed by atoms with van der Waals surface area (Å²) in [5.41, 5.74) is 8.50. The van der Waals surface area contributed by atoms with E-state index in [4.69, 9.17) is 4.74 Å². The maximum absolute atomic E-state index is 5.25. The van der Waals surface area contributed by atoms with Gasteiger partial charge in [-0.05, 0) is 42.8 Å². The summed E-state index contributed by atoms with van der Waals surface area (Å²) in [6.07, 6.45) is 0.944. The van der Waals surface area contributed by atoms with E-state index in [-0.39, 0.29) is 0 Å². The van der Waals surface area contributed by atoms with Crippen molar-refractivity contribution in [1.82, 2.24) is 10.2 Å². The molecule has 128 valence electrons. The van der Waals surface area contributed by atoms with Gasteiger partial charge in [-0.1, -0.05) is 29.8 Å². The van der Waals surface area contributed by atoms with E-state index in [1.165, 1.54) is 37.7 Å². The molecule has 0 amide bonds. The molecule has 4 heteroatoms. The van der Waals surface area contributed by atoms with Gasteiger partial charge in [-0.3, -0.25) is 5.10 Å². The molecule has 0 aliphatic heterocycles. The molecule has 0 saturated carbocycles. The van der Waals surface area contributed by atoms with Crippen LogP contribution in [0.2, 0.25) is 0 Å². The van der Waals surface area contributed by atoms with E-state index in [0.29, 0.717) is 0 Å². The van der Waals surface area contributed by atoms with E-state index in [1.54, 1.807) is 7.11 Å². The van der Waals surface area contributed by atoms with Crippen molar-refractivity contribution in [2.24, 2.45) is 0 Å². The Morgan fingerprint density at radius 1 is 1.00 bits per heavy atom. The first-order valence-corrected chi connectivity index (χ1v) is 9.46. The molecule has 0 bridgehead atoms. The van der Waals surface area contributed by atoms with Gasteiger partial charge in [0, 0.05) is 32.9 Å². The van der Waals surface area contributed by atoms with Gasteiger partial charge in [-0.2, -0.15) is 5.10 Å². The number of nitrogens with zero attached hydrogens (tertiary/aromatic N) is 1. The van der Waals surface area contributed by atoms with Crippen molar-refractivity contribution in [3.05, 3.63) is 70.6 Å². The largest absolute Gasteiger partial charge is 0.497 e. The monoisotopic (exact) mass is 358 g/mol. The third kappa shape index (κ3) is 2.37. The normalized spacial score (nSPS) is 12.1. The predicted molar refractivity (Wildman–Crippen MR) is 107 cm³/mol. The Labute approximate surface area is 156 Å². The van der Waals surface area contributed by atoms with Crippen LogP contribution in [0.4, 0.5) is 0 Å². The van der Waals surface area contributed by atoms with Gasteiger partial charge < -0.3 is 4.74 Å². The second-order valence-electron chi connectivity index (χ2n) is 6.64. The van der Waals surface area contributed by atoms with Crippen LogP contribution in [-0.4, -0.2) is 17.3 Å². The number of benzene rings is 2. The zero-order valence-corrected chi connectivity index (χ0v) is 15.5. The fraction of sp³-hybridized carbons (Fsp3) is 0.136. The molecule has 0 spiro atoms. The topological polar surface area (TPSA) is 37.9 Å². The third-order valence-electron chi connectivity index (χ3n) is 4.98. The number of hydrogen-bond acceptors (Lipinski definition) is 3. The lowest BCUT2D eigenvalue weighted by molar-refractivity contribution is 0.415. The van der Waals surface area contributed by atoms with Gasteiger partial charge in [0.25, 0.3) is 0 Å². The minimum Gasteiger partial charge on any atom is -0.497 e. The molecule has 5 rings (SSSR count). The van der Waals surface area contributed by atoms with Crippen LogP contribution in [0.1, 0.15) is 16.0 Å². The molecule has 0 atom stereocenters. The van der Waals surface area contributed by atoms with E-state index in [9.17, 15) is 0 Å². The summed E-state index contributed by atoms with van der Waals surface area (Å²) >= 11 is 1.88. The smallest absolute Gasteiger partial charge is 0.118 e. The summed E-state index contributed by atoms with van der Waals surface area (Å²) in [6.45, 7) is 2.12. The Hall–Kier alpha value is -2.85. The number of hydrogen-bond donors (Lipinski definition) is 1. The molecule has 2 aromatic heterocycles. The van der Waals surface area contributed by atoms with E-state index >= 15 is 0 Å². The second-order valence-corrected chi connectivity index (χ2v) is 7.78. The van der Waals surface area contributed by atoms with Crippen LogP contribution < -0.4 is 4.74 Å². The summed E-state index contributed by atoms with van der Waals surface area (Å²) < 4.78 is 5.25. The molecular formula is C22H18N2OS. The Kier molecular flexibility index (Phi) is 3.47. The lowest BCUT2D eigenvalue weighted by Crippen LogP contribution is -1.86. The van der Waals surface area contributed by atoms with Crippen molar-refractivity contribution in [3.63, 3.8) is 0 Å². The number of thiophene rings is 1. The van der Waals surface area contributed by atoms with Crippen LogP contribution in [0, 0.1) is 6.92 Å². The van der Waals surface area contributed by atoms with Crippen molar-refractivity contribution in [2.45, 2.75) is 13.3 Å². The number of fused-ring (bicyclic) bond motifs is 3. The van der Waals surface area contributed by atoms with Gasteiger partial charge in [0.1, 0.15) is 5.75 Å². The van der Waals surface area contributed by atoms with E-state index < -0.39 is 0 Å². The fourth-order valence-corrected chi connectivity index (χ4v) is 4.72. The standard InChI is InChI=1S/C22H18N2OS/c1-13-3-5-14(6-4-13)19-11-17-20(26-19)12-18-21(23-24-22(17)18)15-7-9-16(25-2)10-8-15/h3-11H,12H2,1-2H3,(H,23,24). The number of rotatable bonds is 3. The van der Waals surface area contributed by atoms with Crippen LogP contribution >= 0.6 is 11.3 Å². The minimum absolute atomic E-state index is 0.864. The van der Waals surface area contributed by atoms with E-state index in [1.807, 2.05) is 23.5 Å². The number of methoxy groups -OCH3 is 1. The zero-order valence-electron chi connectivity index (χ0n) is 14.7. The van der Waals surface area contributed by atoms with Crippen molar-refractivity contribution in [2.75, 3.05) is 7.11 Å². The number of H-pyrrole nitrogens is 1. The second kappa shape index (κ2) is 5.85. The number of aryl methyl sites for hydroxylation is 1. The van der Waals surface area contributed by atoms with Gasteiger partial charge >= 0.3 is 0 Å². The predicted octanol–water partition coefficient (Wildman–Crippen LogP) is 5.69. The maximum atomic E-state index is 5.25. The van der Waals surface area contributed by atoms with Crippen molar-refractivity contribution >= 4 is 11.3 Å². The van der Waals surface area contributed by atoms with Gasteiger partial charge in [-0.25, -0.2) is 0 Å². The summed E-state index contributed by atoms with van der Waals surface area (Å²) in [4.78, 5) is 2.74. The number of aromatic amines is 1. The van der Waals surface area contributed by atoms with Crippen molar-refractivity contribution in [1.29, 1.82) is 0 Å². The first-order valence-electron chi connectivity index (χ1n) is 8.65. The zero-order chi connectivity index (χ0) is 17.7. The van der Waals surface area contributed by atoms with Gasteiger partial charge in [0.15, 0.2) is 0 Å². The summed E-state index contributed by atoms with van der Waals surface area (Å²) in [5, 5.41) is 7.86. The summed E-state index contributed by atoms with van der Waals surface area (Å²) in [5.74, 6) is 0.864. The molecule has 2 aromatic carbocycles. The SMILES string of the molecule is COc1ccc(-c2n[nH]c3c2Cc2sc(-c4ccc(C)cc4)cc2-3)cc1. The lowest BCUT2D eigenvalue weighted by atomic mass is 10.1. The molecule has 0 fully saturated rings. The highest BCUT2D eigenvalue weighted by atomic mass is 32.1.